The Morgan fingerprint density at radius 3 is 1.82 bits per heavy atom. The van der Waals surface area contributed by atoms with Gasteiger partial charge in [0.1, 0.15) is 0 Å². The highest BCUT2D eigenvalue weighted by atomic mass is 79.9. The number of ketones is 1. The van der Waals surface area contributed by atoms with Gasteiger partial charge in [0.25, 0.3) is 0 Å². The van der Waals surface area contributed by atoms with Crippen LogP contribution in [0.2, 0.25) is 0 Å². The first-order valence-electron chi connectivity index (χ1n) is 6.53. The van der Waals surface area contributed by atoms with Crippen LogP contribution in [0.25, 0.3) is 12.2 Å². The molecule has 4 heteroatoms. The van der Waals surface area contributed by atoms with Gasteiger partial charge in [-0.2, -0.15) is 0 Å². The second kappa shape index (κ2) is 7.52. The van der Waals surface area contributed by atoms with E-state index in [-0.39, 0.29) is 5.78 Å². The van der Waals surface area contributed by atoms with Crippen molar-refractivity contribution in [2.75, 3.05) is 0 Å². The molecule has 2 aromatic rings. The summed E-state index contributed by atoms with van der Waals surface area (Å²) in [5.41, 5.74) is 2.29. The molecule has 0 aliphatic heterocycles. The molecule has 0 spiro atoms. The quantitative estimate of drug-likeness (QED) is 0.636. The fourth-order valence-corrected chi connectivity index (χ4v) is 2.03. The smallest absolute Gasteiger partial charge is 0.328 e. The third-order valence-electron chi connectivity index (χ3n) is 2.91. The van der Waals surface area contributed by atoms with E-state index in [0.717, 1.165) is 21.7 Å². The third kappa shape index (κ3) is 4.82. The molecule has 3 nitrogen and oxygen atoms in total. The van der Waals surface area contributed by atoms with Crippen LogP contribution in [0.5, 0.6) is 0 Å². The standard InChI is InChI=1S/C18H13BrO3/c19-16-9-7-15(8-10-16)17(20)11-5-13-1-3-14(4-2-13)6-12-18(21)22/h1-12H,(H,21,22). The number of halogens is 1. The number of hydrogen-bond acceptors (Lipinski definition) is 2. The van der Waals surface area contributed by atoms with E-state index in [2.05, 4.69) is 15.9 Å². The molecule has 0 bridgehead atoms. The van der Waals surface area contributed by atoms with Crippen LogP contribution in [-0.2, 0) is 4.79 Å². The molecule has 0 aliphatic rings. The molecule has 2 aromatic carbocycles. The minimum atomic E-state index is -0.982. The predicted molar refractivity (Wildman–Crippen MR) is 90.6 cm³/mol. The molecule has 0 aromatic heterocycles. The van der Waals surface area contributed by atoms with Crippen molar-refractivity contribution in [2.45, 2.75) is 0 Å². The molecule has 110 valence electrons. The maximum Gasteiger partial charge on any atom is 0.328 e. The summed E-state index contributed by atoms with van der Waals surface area (Å²) in [4.78, 5) is 22.4. The first-order chi connectivity index (χ1) is 10.5. The minimum absolute atomic E-state index is 0.0673. The van der Waals surface area contributed by atoms with Gasteiger partial charge in [0.05, 0.1) is 0 Å². The molecule has 0 unspecified atom stereocenters. The van der Waals surface area contributed by atoms with Gasteiger partial charge in [0.2, 0.25) is 0 Å². The number of carboxylic acids is 1. The topological polar surface area (TPSA) is 54.4 Å². The van der Waals surface area contributed by atoms with Gasteiger partial charge in [-0.3, -0.25) is 4.79 Å². The third-order valence-corrected chi connectivity index (χ3v) is 3.44. The Hall–Kier alpha value is -2.46. The molecular weight excluding hydrogens is 344 g/mol. The molecule has 0 radical (unpaired) electrons. The van der Waals surface area contributed by atoms with Crippen LogP contribution in [0, 0.1) is 0 Å². The van der Waals surface area contributed by atoms with Crippen LogP contribution < -0.4 is 0 Å². The molecule has 1 N–H and O–H groups in total. The summed E-state index contributed by atoms with van der Waals surface area (Å²) in [6.45, 7) is 0. The van der Waals surface area contributed by atoms with Crippen LogP contribution in [0.15, 0.2) is 65.2 Å². The Balaban J connectivity index is 2.05. The van der Waals surface area contributed by atoms with Gasteiger partial charge in [0.15, 0.2) is 5.78 Å². The van der Waals surface area contributed by atoms with Gasteiger partial charge in [-0.25, -0.2) is 4.79 Å². The van der Waals surface area contributed by atoms with Gasteiger partial charge in [-0.05, 0) is 47.5 Å². The number of carboxylic acid groups (broad SMARTS) is 1. The molecule has 0 saturated carbocycles. The maximum absolute atomic E-state index is 12.0. The lowest BCUT2D eigenvalue weighted by Gasteiger charge is -1.97. The molecule has 0 fully saturated rings. The van der Waals surface area contributed by atoms with Crippen molar-refractivity contribution in [3.63, 3.8) is 0 Å². The Labute approximate surface area is 136 Å². The Kier molecular flexibility index (Phi) is 5.44. The molecule has 2 rings (SSSR count). The summed E-state index contributed by atoms with van der Waals surface area (Å²) < 4.78 is 0.929. The molecule has 0 heterocycles. The maximum atomic E-state index is 12.0. The molecular formula is C18H13BrO3. The van der Waals surface area contributed by atoms with Crippen molar-refractivity contribution in [1.82, 2.24) is 0 Å². The first kappa shape index (κ1) is 15.9. The second-order valence-corrected chi connectivity index (χ2v) is 5.46. The number of benzene rings is 2. The van der Waals surface area contributed by atoms with E-state index >= 15 is 0 Å². The zero-order valence-electron chi connectivity index (χ0n) is 11.6. The average molecular weight is 357 g/mol. The van der Waals surface area contributed by atoms with Crippen molar-refractivity contribution in [3.05, 3.63) is 81.8 Å². The van der Waals surface area contributed by atoms with Crippen LogP contribution >= 0.6 is 15.9 Å². The van der Waals surface area contributed by atoms with Gasteiger partial charge >= 0.3 is 5.97 Å². The van der Waals surface area contributed by atoms with Crippen molar-refractivity contribution < 1.29 is 14.7 Å². The Morgan fingerprint density at radius 2 is 1.32 bits per heavy atom. The van der Waals surface area contributed by atoms with E-state index in [0.29, 0.717) is 5.56 Å². The largest absolute Gasteiger partial charge is 0.478 e. The van der Waals surface area contributed by atoms with Crippen molar-refractivity contribution in [2.24, 2.45) is 0 Å². The first-order valence-corrected chi connectivity index (χ1v) is 7.33. The SMILES string of the molecule is O=C(O)C=Cc1ccc(C=CC(=O)c2ccc(Br)cc2)cc1. The number of allylic oxidation sites excluding steroid dienone is 1. The normalized spacial score (nSPS) is 11.1. The number of rotatable bonds is 5. The van der Waals surface area contributed by atoms with Gasteiger partial charge < -0.3 is 5.11 Å². The lowest BCUT2D eigenvalue weighted by atomic mass is 10.1. The summed E-state index contributed by atoms with van der Waals surface area (Å²) in [5.74, 6) is -1.05. The molecule has 0 amide bonds. The van der Waals surface area contributed by atoms with E-state index in [1.54, 1.807) is 30.3 Å². The highest BCUT2D eigenvalue weighted by Crippen LogP contribution is 2.12. The van der Waals surface area contributed by atoms with Crippen molar-refractivity contribution in [1.29, 1.82) is 0 Å². The lowest BCUT2D eigenvalue weighted by Crippen LogP contribution is -1.93. The number of aliphatic carboxylic acids is 1. The van der Waals surface area contributed by atoms with Gasteiger partial charge in [-0.15, -0.1) is 0 Å². The summed E-state index contributed by atoms with van der Waals surface area (Å²) in [6.07, 6.45) is 5.85. The zero-order chi connectivity index (χ0) is 15.9. The van der Waals surface area contributed by atoms with Crippen molar-refractivity contribution >= 4 is 39.8 Å². The van der Waals surface area contributed by atoms with E-state index in [1.165, 1.54) is 12.2 Å². The highest BCUT2D eigenvalue weighted by molar-refractivity contribution is 9.10. The highest BCUT2D eigenvalue weighted by Gasteiger charge is 2.00. The molecule has 0 saturated heterocycles. The summed E-state index contributed by atoms with van der Waals surface area (Å²) in [5, 5.41) is 8.56. The summed E-state index contributed by atoms with van der Waals surface area (Å²) >= 11 is 3.33. The monoisotopic (exact) mass is 356 g/mol. The average Bonchev–Trinajstić information content (AvgIpc) is 2.52. The summed E-state index contributed by atoms with van der Waals surface area (Å²) in [7, 11) is 0. The van der Waals surface area contributed by atoms with E-state index < -0.39 is 5.97 Å². The number of carbonyl (C=O) groups excluding carboxylic acids is 1. The Bertz CT molecular complexity index is 726. The predicted octanol–water partition coefficient (Wildman–Crippen LogP) is 4.44. The van der Waals surface area contributed by atoms with Crippen LogP contribution in [0.3, 0.4) is 0 Å². The lowest BCUT2D eigenvalue weighted by molar-refractivity contribution is -0.131. The van der Waals surface area contributed by atoms with Gasteiger partial charge in [0, 0.05) is 16.1 Å². The van der Waals surface area contributed by atoms with E-state index in [9.17, 15) is 9.59 Å². The minimum Gasteiger partial charge on any atom is -0.478 e. The van der Waals surface area contributed by atoms with Gasteiger partial charge in [-0.1, -0.05) is 46.3 Å². The van der Waals surface area contributed by atoms with E-state index in [4.69, 9.17) is 5.11 Å². The summed E-state index contributed by atoms with van der Waals surface area (Å²) in [6, 6.07) is 14.4. The van der Waals surface area contributed by atoms with Crippen LogP contribution in [-0.4, -0.2) is 16.9 Å². The Morgan fingerprint density at radius 1 is 0.818 bits per heavy atom. The van der Waals surface area contributed by atoms with Crippen LogP contribution in [0.4, 0.5) is 0 Å². The fourth-order valence-electron chi connectivity index (χ4n) is 1.77. The number of carbonyl (C=O) groups is 2. The molecule has 0 aliphatic carbocycles. The fraction of sp³-hybridized carbons (Fsp3) is 0. The molecule has 0 atom stereocenters. The van der Waals surface area contributed by atoms with Crippen LogP contribution in [0.1, 0.15) is 21.5 Å². The number of hydrogen-bond donors (Lipinski definition) is 1. The van der Waals surface area contributed by atoms with E-state index in [1.807, 2.05) is 24.3 Å². The zero-order valence-corrected chi connectivity index (χ0v) is 13.2. The molecule has 22 heavy (non-hydrogen) atoms. The second-order valence-electron chi connectivity index (χ2n) is 4.54. The van der Waals surface area contributed by atoms with Crippen molar-refractivity contribution in [3.8, 4) is 0 Å².